The van der Waals surface area contributed by atoms with E-state index in [1.807, 2.05) is 33.3 Å². The molecule has 1 fully saturated rings. The first-order valence-electron chi connectivity index (χ1n) is 22.1. The smallest absolute Gasteiger partial charge is 0.462 e. The highest BCUT2D eigenvalue weighted by Gasteiger charge is 2.35. The fourth-order valence-electron chi connectivity index (χ4n) is 6.34. The van der Waals surface area contributed by atoms with Crippen molar-refractivity contribution in [3.63, 3.8) is 0 Å². The SMILES string of the molecule is CCCCCC/C=C\CCCCCCCC(=O)O[C@H](COC(=O)CCC/C=C\C[C@H]1[C@@H](O)CC(O)O[C@@H]1/C=C/[C@@H](O)CCCCC)COP(=O)(O)OCC[N+](C)(C)C. The molecule has 1 saturated heterocycles. The van der Waals surface area contributed by atoms with Gasteiger partial charge in [-0.05, 0) is 57.8 Å². The highest BCUT2D eigenvalue weighted by Crippen LogP contribution is 2.43. The summed E-state index contributed by atoms with van der Waals surface area (Å²) >= 11 is 0. The minimum atomic E-state index is -4.44. The molecule has 1 aliphatic heterocycles. The fourth-order valence-corrected chi connectivity index (χ4v) is 7.08. The topological polar surface area (TPSA) is 178 Å². The summed E-state index contributed by atoms with van der Waals surface area (Å²) < 4.78 is 39.9. The van der Waals surface area contributed by atoms with Crippen LogP contribution in [0, 0.1) is 5.92 Å². The number of phosphoric acid groups is 1. The van der Waals surface area contributed by atoms with Gasteiger partial charge in [-0.1, -0.05) is 108 Å². The summed E-state index contributed by atoms with van der Waals surface area (Å²) in [6, 6.07) is 0. The number of unbranched alkanes of at least 4 members (excludes halogenated alkanes) is 12. The van der Waals surface area contributed by atoms with Crippen molar-refractivity contribution < 1.29 is 62.1 Å². The average Bonchev–Trinajstić information content (AvgIpc) is 3.15. The first kappa shape index (κ1) is 54.1. The predicted octanol–water partition coefficient (Wildman–Crippen LogP) is 8.24. The molecular weight excluding hydrogens is 765 g/mol. The Labute approximate surface area is 350 Å². The molecule has 0 bridgehead atoms. The van der Waals surface area contributed by atoms with E-state index in [1.54, 1.807) is 12.2 Å². The number of esters is 2. The van der Waals surface area contributed by atoms with Crippen molar-refractivity contribution in [3.8, 4) is 0 Å². The van der Waals surface area contributed by atoms with Crippen LogP contribution in [0.5, 0.6) is 0 Å². The zero-order valence-electron chi connectivity index (χ0n) is 36.6. The van der Waals surface area contributed by atoms with Crippen molar-refractivity contribution in [2.45, 2.75) is 179 Å². The van der Waals surface area contributed by atoms with Crippen LogP contribution in [0.4, 0.5) is 0 Å². The lowest BCUT2D eigenvalue weighted by molar-refractivity contribution is -0.870. The molecule has 0 aromatic rings. The number of likely N-dealkylation sites (N-methyl/N-ethyl adjacent to an activating group) is 1. The van der Waals surface area contributed by atoms with Gasteiger partial charge in [0.1, 0.15) is 19.8 Å². The summed E-state index contributed by atoms with van der Waals surface area (Å²) in [7, 11) is 1.32. The first-order chi connectivity index (χ1) is 27.7. The maximum absolute atomic E-state index is 12.7. The van der Waals surface area contributed by atoms with Gasteiger partial charge in [-0.25, -0.2) is 4.57 Å². The van der Waals surface area contributed by atoms with E-state index in [1.165, 1.54) is 25.7 Å². The molecule has 1 heterocycles. The summed E-state index contributed by atoms with van der Waals surface area (Å²) in [4.78, 5) is 35.5. The monoisotopic (exact) mass is 847 g/mol. The maximum atomic E-state index is 12.7. The lowest BCUT2D eigenvalue weighted by atomic mass is 9.87. The summed E-state index contributed by atoms with van der Waals surface area (Å²) in [5.41, 5.74) is 0. The molecule has 0 radical (unpaired) electrons. The molecule has 1 rings (SSSR count). The Balaban J connectivity index is 2.55. The number of nitrogens with zero attached hydrogens (tertiary/aromatic N) is 1. The molecule has 0 aliphatic carbocycles. The molecular formula is C44H81NO12P+. The third-order valence-corrected chi connectivity index (χ3v) is 10.9. The number of hydrogen-bond donors (Lipinski definition) is 4. The van der Waals surface area contributed by atoms with E-state index in [9.17, 15) is 34.4 Å². The fraction of sp³-hybridized carbons (Fsp3) is 0.818. The van der Waals surface area contributed by atoms with Crippen LogP contribution in [0.2, 0.25) is 0 Å². The highest BCUT2D eigenvalue weighted by molar-refractivity contribution is 7.47. The Morgan fingerprint density at radius 2 is 1.40 bits per heavy atom. The zero-order valence-corrected chi connectivity index (χ0v) is 37.4. The van der Waals surface area contributed by atoms with Crippen LogP contribution in [0.15, 0.2) is 36.5 Å². The number of allylic oxidation sites excluding steroid dienone is 4. The van der Waals surface area contributed by atoms with Crippen molar-refractivity contribution in [2.24, 2.45) is 5.92 Å². The van der Waals surface area contributed by atoms with Gasteiger partial charge in [0.15, 0.2) is 12.4 Å². The Bertz CT molecular complexity index is 1210. The molecule has 13 nitrogen and oxygen atoms in total. The quantitative estimate of drug-likeness (QED) is 0.0158. The van der Waals surface area contributed by atoms with Crippen molar-refractivity contribution in [3.05, 3.63) is 36.5 Å². The zero-order chi connectivity index (χ0) is 43.1. The molecule has 4 N–H and O–H groups in total. The third-order valence-electron chi connectivity index (χ3n) is 9.94. The van der Waals surface area contributed by atoms with Crippen LogP contribution >= 0.6 is 7.82 Å². The number of quaternary nitrogens is 1. The van der Waals surface area contributed by atoms with Gasteiger partial charge in [0.05, 0.1) is 46.1 Å². The number of ether oxygens (including phenoxy) is 3. The molecule has 0 aromatic heterocycles. The summed E-state index contributed by atoms with van der Waals surface area (Å²) in [5, 5.41) is 31.0. The molecule has 7 atom stereocenters. The minimum Gasteiger partial charge on any atom is -0.462 e. The van der Waals surface area contributed by atoms with Crippen LogP contribution in [0.25, 0.3) is 0 Å². The van der Waals surface area contributed by atoms with E-state index in [-0.39, 0.29) is 38.4 Å². The average molecular weight is 847 g/mol. The molecule has 0 amide bonds. The van der Waals surface area contributed by atoms with Gasteiger partial charge in [0, 0.05) is 25.2 Å². The molecule has 0 spiro atoms. The number of hydrogen-bond acceptors (Lipinski definition) is 11. The lowest BCUT2D eigenvalue weighted by Crippen LogP contribution is -2.43. The van der Waals surface area contributed by atoms with Gasteiger partial charge in [-0.3, -0.25) is 18.6 Å². The maximum Gasteiger partial charge on any atom is 0.472 e. The first-order valence-corrected chi connectivity index (χ1v) is 23.6. The molecule has 0 aromatic carbocycles. The molecule has 338 valence electrons. The predicted molar refractivity (Wildman–Crippen MR) is 228 cm³/mol. The van der Waals surface area contributed by atoms with Gasteiger partial charge >= 0.3 is 19.8 Å². The van der Waals surface area contributed by atoms with Gasteiger partial charge in [-0.15, -0.1) is 0 Å². The molecule has 58 heavy (non-hydrogen) atoms. The van der Waals surface area contributed by atoms with Crippen molar-refractivity contribution in [1.82, 2.24) is 0 Å². The van der Waals surface area contributed by atoms with Crippen molar-refractivity contribution in [1.29, 1.82) is 0 Å². The molecule has 1 aliphatic rings. The summed E-state index contributed by atoms with van der Waals surface area (Å²) in [6.45, 7) is 3.96. The second kappa shape index (κ2) is 32.8. The van der Waals surface area contributed by atoms with Crippen molar-refractivity contribution >= 4 is 19.8 Å². The van der Waals surface area contributed by atoms with Crippen LogP contribution in [-0.2, 0) is 37.4 Å². The largest absolute Gasteiger partial charge is 0.472 e. The van der Waals surface area contributed by atoms with E-state index in [4.69, 9.17) is 23.3 Å². The second-order valence-corrected chi connectivity index (χ2v) is 18.1. The number of aliphatic hydroxyl groups excluding tert-OH is 3. The van der Waals surface area contributed by atoms with Gasteiger partial charge in [-0.2, -0.15) is 0 Å². The van der Waals surface area contributed by atoms with E-state index in [2.05, 4.69) is 26.0 Å². The van der Waals surface area contributed by atoms with Gasteiger partial charge in [0.2, 0.25) is 0 Å². The second-order valence-electron chi connectivity index (χ2n) is 16.6. The number of carbonyl (C=O) groups excluding carboxylic acids is 2. The number of phosphoric ester groups is 1. The van der Waals surface area contributed by atoms with Gasteiger partial charge < -0.3 is 38.9 Å². The molecule has 2 unspecified atom stereocenters. The normalized spacial score (nSPS) is 21.1. The number of aliphatic hydroxyl groups is 3. The minimum absolute atomic E-state index is 0.0143. The summed E-state index contributed by atoms with van der Waals surface area (Å²) in [5.74, 6) is -1.31. The van der Waals surface area contributed by atoms with E-state index < -0.39 is 57.1 Å². The van der Waals surface area contributed by atoms with E-state index in [0.29, 0.717) is 43.1 Å². The van der Waals surface area contributed by atoms with Crippen molar-refractivity contribution in [2.75, 3.05) is 47.5 Å². The number of rotatable bonds is 35. The van der Waals surface area contributed by atoms with E-state index in [0.717, 1.165) is 57.8 Å². The van der Waals surface area contributed by atoms with E-state index >= 15 is 0 Å². The lowest BCUT2D eigenvalue weighted by Gasteiger charge is -2.36. The standard InChI is InChI=1S/C44H80NO12P/c1-6-8-10-11-12-13-14-15-16-17-18-19-25-29-43(49)56-38(36-55-58(51,52)54-33-32-45(3,4)5)35-53-42(48)28-24-21-20-23-27-39-40(47)34-44(50)57-41(39)31-30-37(46)26-22-9-7-2/h13-14,20,23,30-31,37-41,44,46-47,50H,6-12,15-19,21-22,24-29,32-36H2,1-5H3/p+1/b14-13-,23-20-,31-30+/t37-,38+,39-,40-,41+,44?/m0/s1. The summed E-state index contributed by atoms with van der Waals surface area (Å²) in [6.07, 6.45) is 25.3. The van der Waals surface area contributed by atoms with Crippen LogP contribution in [0.3, 0.4) is 0 Å². The Hall–Kier alpha value is -1.93. The molecule has 0 saturated carbocycles. The third kappa shape index (κ3) is 30.1. The Morgan fingerprint density at radius 3 is 2.09 bits per heavy atom. The Kier molecular flexibility index (Phi) is 30.6. The highest BCUT2D eigenvalue weighted by atomic mass is 31.2. The number of carbonyl (C=O) groups is 2. The van der Waals surface area contributed by atoms with Crippen LogP contribution < -0.4 is 0 Å². The Morgan fingerprint density at radius 1 is 0.793 bits per heavy atom. The van der Waals surface area contributed by atoms with Gasteiger partial charge in [0.25, 0.3) is 0 Å². The van der Waals surface area contributed by atoms with Crippen LogP contribution in [-0.4, -0.2) is 115 Å². The molecule has 14 heteroatoms. The van der Waals surface area contributed by atoms with Crippen LogP contribution in [0.1, 0.15) is 149 Å².